The van der Waals surface area contributed by atoms with E-state index < -0.39 is 6.04 Å². The van der Waals surface area contributed by atoms with Crippen LogP contribution in [0, 0.1) is 12.7 Å². The summed E-state index contributed by atoms with van der Waals surface area (Å²) in [5.41, 5.74) is 7.94. The summed E-state index contributed by atoms with van der Waals surface area (Å²) < 4.78 is 13.7. The average Bonchev–Trinajstić information content (AvgIpc) is 2.38. The lowest BCUT2D eigenvalue weighted by Crippen LogP contribution is -2.28. The smallest absolute Gasteiger partial charge is 0.254 e. The predicted molar refractivity (Wildman–Crippen MR) is 77.9 cm³/mol. The summed E-state index contributed by atoms with van der Waals surface area (Å²) in [6.07, 6.45) is 0. The summed E-state index contributed by atoms with van der Waals surface area (Å²) in [7, 11) is 0. The van der Waals surface area contributed by atoms with Gasteiger partial charge in [-0.1, -0.05) is 30.3 Å². The molecular formula is C16H17FN2O. The van der Waals surface area contributed by atoms with Crippen molar-refractivity contribution in [3.63, 3.8) is 0 Å². The van der Waals surface area contributed by atoms with E-state index in [0.717, 1.165) is 5.56 Å². The number of nitrogens with one attached hydrogen (secondary N) is 1. The van der Waals surface area contributed by atoms with Gasteiger partial charge in [0.05, 0.1) is 11.6 Å². The van der Waals surface area contributed by atoms with Crippen LogP contribution in [0.4, 0.5) is 10.1 Å². The Morgan fingerprint density at radius 2 is 1.90 bits per heavy atom. The van der Waals surface area contributed by atoms with E-state index in [4.69, 9.17) is 5.73 Å². The second-order valence-corrected chi connectivity index (χ2v) is 4.76. The van der Waals surface area contributed by atoms with Crippen molar-refractivity contribution < 1.29 is 9.18 Å². The molecule has 4 heteroatoms. The zero-order valence-electron chi connectivity index (χ0n) is 11.5. The molecule has 2 aromatic rings. The van der Waals surface area contributed by atoms with Gasteiger partial charge in [0.15, 0.2) is 0 Å². The number of hydrogen-bond acceptors (Lipinski definition) is 2. The Bertz CT molecular complexity index is 620. The molecule has 0 radical (unpaired) electrons. The zero-order valence-corrected chi connectivity index (χ0v) is 11.5. The highest BCUT2D eigenvalue weighted by molar-refractivity contribution is 6.00. The summed E-state index contributed by atoms with van der Waals surface area (Å²) in [6, 6.07) is 11.2. The number of rotatable bonds is 3. The molecule has 0 heterocycles. The van der Waals surface area contributed by atoms with Crippen LogP contribution in [0.1, 0.15) is 34.5 Å². The number of carbonyl (C=O) groups is 1. The third kappa shape index (κ3) is 2.79. The van der Waals surface area contributed by atoms with Gasteiger partial charge in [-0.15, -0.1) is 0 Å². The fourth-order valence-electron chi connectivity index (χ4n) is 2.17. The Balaban J connectivity index is 2.22. The molecule has 1 atom stereocenters. The highest BCUT2D eigenvalue weighted by Gasteiger charge is 2.17. The van der Waals surface area contributed by atoms with Gasteiger partial charge in [0.1, 0.15) is 5.82 Å². The second-order valence-electron chi connectivity index (χ2n) is 4.76. The molecule has 1 unspecified atom stereocenters. The molecule has 3 N–H and O–H groups in total. The van der Waals surface area contributed by atoms with Crippen molar-refractivity contribution in [2.24, 2.45) is 0 Å². The van der Waals surface area contributed by atoms with E-state index in [2.05, 4.69) is 5.32 Å². The molecule has 1 amide bonds. The first-order valence-electron chi connectivity index (χ1n) is 6.41. The van der Waals surface area contributed by atoms with Gasteiger partial charge >= 0.3 is 0 Å². The quantitative estimate of drug-likeness (QED) is 0.843. The summed E-state index contributed by atoms with van der Waals surface area (Å²) in [5, 5.41) is 2.78. The second kappa shape index (κ2) is 5.74. The van der Waals surface area contributed by atoms with Crippen LogP contribution < -0.4 is 11.1 Å². The SMILES string of the molecule is Cc1cccc(N)c1C(=O)NC(C)c1ccccc1F. The molecule has 0 aliphatic heterocycles. The van der Waals surface area contributed by atoms with Crippen molar-refractivity contribution in [2.45, 2.75) is 19.9 Å². The van der Waals surface area contributed by atoms with Gasteiger partial charge in [-0.3, -0.25) is 4.79 Å². The van der Waals surface area contributed by atoms with E-state index in [1.54, 1.807) is 37.3 Å². The van der Waals surface area contributed by atoms with Crippen LogP contribution in [-0.2, 0) is 0 Å². The molecule has 2 rings (SSSR count). The number of nitrogen functional groups attached to an aromatic ring is 1. The van der Waals surface area contributed by atoms with Crippen LogP contribution in [0.5, 0.6) is 0 Å². The molecule has 0 saturated carbocycles. The number of carbonyl (C=O) groups excluding carboxylic acids is 1. The summed E-state index contributed by atoms with van der Waals surface area (Å²) in [5.74, 6) is -0.630. The molecule has 20 heavy (non-hydrogen) atoms. The van der Waals surface area contributed by atoms with Crippen LogP contribution in [0.2, 0.25) is 0 Å². The Kier molecular flexibility index (Phi) is 4.03. The van der Waals surface area contributed by atoms with Crippen molar-refractivity contribution >= 4 is 11.6 Å². The number of halogens is 1. The number of aryl methyl sites for hydroxylation is 1. The third-order valence-electron chi connectivity index (χ3n) is 3.25. The van der Waals surface area contributed by atoms with Gasteiger partial charge in [-0.25, -0.2) is 4.39 Å². The zero-order chi connectivity index (χ0) is 14.7. The van der Waals surface area contributed by atoms with Gasteiger partial charge in [0.2, 0.25) is 0 Å². The van der Waals surface area contributed by atoms with Crippen molar-refractivity contribution in [2.75, 3.05) is 5.73 Å². The Hall–Kier alpha value is -2.36. The fourth-order valence-corrected chi connectivity index (χ4v) is 2.17. The van der Waals surface area contributed by atoms with Gasteiger partial charge in [0.25, 0.3) is 5.91 Å². The molecule has 0 spiro atoms. The largest absolute Gasteiger partial charge is 0.398 e. The van der Waals surface area contributed by atoms with Crippen molar-refractivity contribution in [1.82, 2.24) is 5.32 Å². The normalized spacial score (nSPS) is 11.9. The maximum Gasteiger partial charge on any atom is 0.254 e. The summed E-state index contributed by atoms with van der Waals surface area (Å²) >= 11 is 0. The van der Waals surface area contributed by atoms with Crippen LogP contribution >= 0.6 is 0 Å². The van der Waals surface area contributed by atoms with Crippen LogP contribution in [0.3, 0.4) is 0 Å². The van der Waals surface area contributed by atoms with Gasteiger partial charge in [-0.2, -0.15) is 0 Å². The topological polar surface area (TPSA) is 55.1 Å². The number of amides is 1. The molecule has 3 nitrogen and oxygen atoms in total. The molecule has 104 valence electrons. The first-order valence-corrected chi connectivity index (χ1v) is 6.41. The van der Waals surface area contributed by atoms with E-state index in [-0.39, 0.29) is 11.7 Å². The molecule has 0 aliphatic carbocycles. The molecule has 0 fully saturated rings. The maximum atomic E-state index is 13.7. The summed E-state index contributed by atoms with van der Waals surface area (Å²) in [4.78, 5) is 12.3. The van der Waals surface area contributed by atoms with Gasteiger partial charge in [-0.05, 0) is 31.5 Å². The van der Waals surface area contributed by atoms with E-state index in [0.29, 0.717) is 16.8 Å². The predicted octanol–water partition coefficient (Wildman–Crippen LogP) is 3.21. The Morgan fingerprint density at radius 1 is 1.20 bits per heavy atom. The average molecular weight is 272 g/mol. The Morgan fingerprint density at radius 3 is 2.55 bits per heavy atom. The minimum Gasteiger partial charge on any atom is -0.398 e. The first kappa shape index (κ1) is 14.1. The molecular weight excluding hydrogens is 255 g/mol. The third-order valence-corrected chi connectivity index (χ3v) is 3.25. The van der Waals surface area contributed by atoms with Crippen LogP contribution in [-0.4, -0.2) is 5.91 Å². The highest BCUT2D eigenvalue weighted by atomic mass is 19.1. The molecule has 0 saturated heterocycles. The lowest BCUT2D eigenvalue weighted by molar-refractivity contribution is 0.0939. The van der Waals surface area contributed by atoms with E-state index in [1.807, 2.05) is 13.0 Å². The van der Waals surface area contributed by atoms with Crippen molar-refractivity contribution in [3.05, 3.63) is 65.0 Å². The lowest BCUT2D eigenvalue weighted by atomic mass is 10.0. The Labute approximate surface area is 117 Å². The van der Waals surface area contributed by atoms with Crippen LogP contribution in [0.15, 0.2) is 42.5 Å². The van der Waals surface area contributed by atoms with E-state index in [1.165, 1.54) is 6.07 Å². The standard InChI is InChI=1S/C16H17FN2O/c1-10-6-5-9-14(18)15(10)16(20)19-11(2)12-7-3-4-8-13(12)17/h3-9,11H,18H2,1-2H3,(H,19,20). The highest BCUT2D eigenvalue weighted by Crippen LogP contribution is 2.20. The molecule has 0 bridgehead atoms. The minimum absolute atomic E-state index is 0.295. The lowest BCUT2D eigenvalue weighted by Gasteiger charge is -2.17. The fraction of sp³-hybridized carbons (Fsp3) is 0.188. The van der Waals surface area contributed by atoms with E-state index >= 15 is 0 Å². The molecule has 0 aliphatic rings. The molecule has 0 aromatic heterocycles. The number of nitrogens with two attached hydrogens (primary N) is 1. The van der Waals surface area contributed by atoms with Gasteiger partial charge < -0.3 is 11.1 Å². The molecule has 2 aromatic carbocycles. The maximum absolute atomic E-state index is 13.7. The van der Waals surface area contributed by atoms with Crippen molar-refractivity contribution in [3.8, 4) is 0 Å². The van der Waals surface area contributed by atoms with Crippen molar-refractivity contribution in [1.29, 1.82) is 0 Å². The minimum atomic E-state index is -0.428. The number of anilines is 1. The number of benzene rings is 2. The number of hydrogen-bond donors (Lipinski definition) is 2. The van der Waals surface area contributed by atoms with Gasteiger partial charge in [0, 0.05) is 11.3 Å². The van der Waals surface area contributed by atoms with Crippen LogP contribution in [0.25, 0.3) is 0 Å². The monoisotopic (exact) mass is 272 g/mol. The van der Waals surface area contributed by atoms with E-state index in [9.17, 15) is 9.18 Å². The first-order chi connectivity index (χ1) is 9.50. The summed E-state index contributed by atoms with van der Waals surface area (Å²) in [6.45, 7) is 3.56.